The minimum Gasteiger partial charge on any atom is -0.460 e. The van der Waals surface area contributed by atoms with Crippen LogP contribution in [0.4, 0.5) is 5.69 Å². The van der Waals surface area contributed by atoms with Crippen molar-refractivity contribution in [2.75, 3.05) is 11.9 Å². The Morgan fingerprint density at radius 1 is 0.697 bits per heavy atom. The Morgan fingerprint density at radius 3 is 1.48 bits per heavy atom. The molecule has 4 aromatic carbocycles. The van der Waals surface area contributed by atoms with Crippen LogP contribution in [0.15, 0.2) is 133 Å². The predicted molar refractivity (Wildman–Crippen MR) is 140 cm³/mol. The van der Waals surface area contributed by atoms with Crippen LogP contribution in [0.2, 0.25) is 0 Å². The van der Waals surface area contributed by atoms with E-state index in [2.05, 4.69) is 41.7 Å². The summed E-state index contributed by atoms with van der Waals surface area (Å²) < 4.78 is 5.64. The lowest BCUT2D eigenvalue weighted by Gasteiger charge is -2.28. The van der Waals surface area contributed by atoms with Gasteiger partial charge in [0.1, 0.15) is 15.9 Å². The van der Waals surface area contributed by atoms with Crippen molar-refractivity contribution in [2.24, 2.45) is 0 Å². The Morgan fingerprint density at radius 2 is 1.09 bits per heavy atom. The summed E-state index contributed by atoms with van der Waals surface area (Å²) in [6, 6.07) is 40.7. The summed E-state index contributed by atoms with van der Waals surface area (Å²) in [6.45, 7) is 2.15. The molecule has 0 saturated carbocycles. The lowest BCUT2D eigenvalue weighted by Crippen LogP contribution is -2.35. The maximum Gasteiger partial charge on any atom is 0.376 e. The van der Waals surface area contributed by atoms with Gasteiger partial charge in [-0.1, -0.05) is 72.8 Å². The number of benzene rings is 4. The molecule has 0 radical (unpaired) electrons. The summed E-state index contributed by atoms with van der Waals surface area (Å²) in [4.78, 5) is 13.6. The van der Waals surface area contributed by atoms with Gasteiger partial charge in [-0.15, -0.1) is 0 Å². The molecule has 0 atom stereocenters. The molecule has 4 rings (SSSR count). The first-order chi connectivity index (χ1) is 16.3. The highest BCUT2D eigenvalue weighted by molar-refractivity contribution is 7.99. The first kappa shape index (κ1) is 22.5. The third-order valence-corrected chi connectivity index (χ3v) is 9.68. The van der Waals surface area contributed by atoms with Gasteiger partial charge in [0.05, 0.1) is 12.8 Å². The maximum absolute atomic E-state index is 13.6. The molecule has 0 bridgehead atoms. The minimum atomic E-state index is -2.56. The molecule has 0 fully saturated rings. The molecule has 0 unspecified atom stereocenters. The van der Waals surface area contributed by atoms with Crippen molar-refractivity contribution in [3.63, 3.8) is 0 Å². The van der Waals surface area contributed by atoms with Crippen LogP contribution in [0.25, 0.3) is 0 Å². The average molecular weight is 453 g/mol. The van der Waals surface area contributed by atoms with E-state index in [9.17, 15) is 4.79 Å². The van der Waals surface area contributed by atoms with Gasteiger partial charge in [-0.2, -0.15) is 0 Å². The molecule has 33 heavy (non-hydrogen) atoms. The molecule has 1 N–H and O–H groups in total. The molecular formula is C29H27NO2P+. The topological polar surface area (TPSA) is 38.3 Å². The largest absolute Gasteiger partial charge is 0.460 e. The fourth-order valence-electron chi connectivity index (χ4n) is 4.00. The van der Waals surface area contributed by atoms with Crippen molar-refractivity contribution >= 4 is 34.8 Å². The summed E-state index contributed by atoms with van der Waals surface area (Å²) >= 11 is 0. The van der Waals surface area contributed by atoms with Crippen LogP contribution in [0.5, 0.6) is 0 Å². The number of ether oxygens (including phenoxy) is 1. The van der Waals surface area contributed by atoms with Crippen molar-refractivity contribution in [2.45, 2.75) is 6.92 Å². The number of carbonyl (C=O) groups excluding carboxylic acids is 1. The van der Waals surface area contributed by atoms with Crippen LogP contribution >= 0.6 is 7.26 Å². The fraction of sp³-hybridized carbons (Fsp3) is 0.0690. The molecule has 0 aromatic heterocycles. The molecule has 0 spiro atoms. The maximum atomic E-state index is 13.6. The van der Waals surface area contributed by atoms with Gasteiger partial charge in [0.2, 0.25) is 5.31 Å². The van der Waals surface area contributed by atoms with Gasteiger partial charge in [0, 0.05) is 5.69 Å². The van der Waals surface area contributed by atoms with Crippen molar-refractivity contribution in [3.8, 4) is 0 Å². The van der Waals surface area contributed by atoms with E-state index in [0.717, 1.165) is 21.6 Å². The van der Waals surface area contributed by atoms with E-state index >= 15 is 0 Å². The molecule has 0 aliphatic rings. The summed E-state index contributed by atoms with van der Waals surface area (Å²) in [5.41, 5.74) is 0.909. The first-order valence-corrected chi connectivity index (χ1v) is 12.8. The van der Waals surface area contributed by atoms with Crippen LogP contribution in [0.1, 0.15) is 6.92 Å². The smallest absolute Gasteiger partial charge is 0.376 e. The third-order valence-electron chi connectivity index (χ3n) is 5.43. The van der Waals surface area contributed by atoms with Gasteiger partial charge >= 0.3 is 5.97 Å². The van der Waals surface area contributed by atoms with E-state index in [1.165, 1.54) is 0 Å². The molecule has 164 valence electrons. The monoisotopic (exact) mass is 452 g/mol. The van der Waals surface area contributed by atoms with Crippen LogP contribution < -0.4 is 21.2 Å². The van der Waals surface area contributed by atoms with Crippen LogP contribution in [-0.4, -0.2) is 12.6 Å². The second-order valence-corrected chi connectivity index (χ2v) is 10.8. The van der Waals surface area contributed by atoms with Crippen LogP contribution in [-0.2, 0) is 9.53 Å². The normalized spacial score (nSPS) is 11.6. The summed E-state index contributed by atoms with van der Waals surface area (Å²) in [7, 11) is -2.56. The standard InChI is InChI=1S/C29H26NO2P/c1-2-32-29(31)28(23-30-24-15-7-3-8-16-24)33(25-17-9-4-10-18-25,26-19-11-5-12-20-26)27-21-13-6-14-22-27/h3-23H,2H2,1H3/p+1. The Bertz CT molecular complexity index is 1100. The van der Waals surface area contributed by atoms with Gasteiger partial charge < -0.3 is 10.1 Å². The fourth-order valence-corrected chi connectivity index (χ4v) is 8.19. The number of para-hydroxylation sites is 1. The zero-order valence-corrected chi connectivity index (χ0v) is 19.5. The van der Waals surface area contributed by atoms with Gasteiger partial charge in [-0.05, 0) is 55.5 Å². The Balaban J connectivity index is 2.04. The SMILES string of the molecule is CCOC(=O)C(=CNc1ccccc1)[P+](c1ccccc1)(c1ccccc1)c1ccccc1. The Kier molecular flexibility index (Phi) is 7.34. The van der Waals surface area contributed by atoms with Crippen LogP contribution in [0, 0.1) is 0 Å². The van der Waals surface area contributed by atoms with Crippen LogP contribution in [0.3, 0.4) is 0 Å². The first-order valence-electron chi connectivity index (χ1n) is 11.0. The van der Waals surface area contributed by atoms with Gasteiger partial charge in [0.15, 0.2) is 7.26 Å². The van der Waals surface area contributed by atoms with Crippen molar-refractivity contribution in [1.29, 1.82) is 0 Å². The lowest BCUT2D eigenvalue weighted by atomic mass is 10.3. The number of nitrogens with one attached hydrogen (secondary N) is 1. The second-order valence-electron chi connectivity index (χ2n) is 7.44. The Hall–Kier alpha value is -3.68. The number of anilines is 1. The van der Waals surface area contributed by atoms with E-state index in [4.69, 9.17) is 4.74 Å². The van der Waals surface area contributed by atoms with Crippen molar-refractivity contribution < 1.29 is 9.53 Å². The minimum absolute atomic E-state index is 0.305. The van der Waals surface area contributed by atoms with E-state index in [1.807, 2.05) is 98.1 Å². The lowest BCUT2D eigenvalue weighted by molar-refractivity contribution is -0.137. The Labute approximate surface area is 196 Å². The number of hydrogen-bond acceptors (Lipinski definition) is 3. The summed E-state index contributed by atoms with van der Waals surface area (Å²) in [5, 5.41) is 7.27. The molecule has 0 aliphatic carbocycles. The van der Waals surface area contributed by atoms with E-state index in [-0.39, 0.29) is 5.97 Å². The highest BCUT2D eigenvalue weighted by Gasteiger charge is 2.53. The number of hydrogen-bond donors (Lipinski definition) is 1. The average Bonchev–Trinajstić information content (AvgIpc) is 2.89. The molecule has 0 aliphatic heterocycles. The molecule has 0 heterocycles. The second kappa shape index (κ2) is 10.8. The molecule has 0 saturated heterocycles. The van der Waals surface area contributed by atoms with E-state index in [0.29, 0.717) is 11.9 Å². The van der Waals surface area contributed by atoms with Gasteiger partial charge in [-0.25, -0.2) is 4.79 Å². The van der Waals surface area contributed by atoms with E-state index in [1.54, 1.807) is 0 Å². The molecule has 3 nitrogen and oxygen atoms in total. The third kappa shape index (κ3) is 4.74. The highest BCUT2D eigenvalue weighted by Crippen LogP contribution is 2.62. The summed E-state index contributed by atoms with van der Waals surface area (Å²) in [6.07, 6.45) is 1.84. The van der Waals surface area contributed by atoms with Crippen molar-refractivity contribution in [3.05, 3.63) is 133 Å². The predicted octanol–water partition coefficient (Wildman–Crippen LogP) is 5.50. The number of rotatable bonds is 8. The summed E-state index contributed by atoms with van der Waals surface area (Å²) in [5.74, 6) is -0.314. The molecular weight excluding hydrogens is 425 g/mol. The quantitative estimate of drug-likeness (QED) is 0.218. The molecule has 4 heteroatoms. The highest BCUT2D eigenvalue weighted by atomic mass is 31.2. The van der Waals surface area contributed by atoms with Gasteiger partial charge in [-0.3, -0.25) is 0 Å². The molecule has 0 amide bonds. The zero-order valence-electron chi connectivity index (χ0n) is 18.6. The number of esters is 1. The van der Waals surface area contributed by atoms with Crippen molar-refractivity contribution in [1.82, 2.24) is 0 Å². The van der Waals surface area contributed by atoms with E-state index < -0.39 is 7.26 Å². The number of carbonyl (C=O) groups is 1. The molecule has 4 aromatic rings. The van der Waals surface area contributed by atoms with Gasteiger partial charge in [0.25, 0.3) is 0 Å². The zero-order chi connectivity index (χ0) is 22.9.